The topological polar surface area (TPSA) is 18.5 Å². The predicted molar refractivity (Wildman–Crippen MR) is 63.2 cm³/mol. The molecule has 0 aromatic carbocycles. The van der Waals surface area contributed by atoms with Crippen molar-refractivity contribution in [2.75, 3.05) is 13.2 Å². The number of hydrogen-bond donors (Lipinski definition) is 0. The van der Waals surface area contributed by atoms with Crippen molar-refractivity contribution in [1.82, 2.24) is 0 Å². The van der Waals surface area contributed by atoms with Gasteiger partial charge < -0.3 is 9.47 Å². The van der Waals surface area contributed by atoms with E-state index in [9.17, 15) is 0 Å². The summed E-state index contributed by atoms with van der Waals surface area (Å²) in [6, 6.07) is 0. The molecule has 2 nitrogen and oxygen atoms in total. The molecule has 0 radical (unpaired) electrons. The summed E-state index contributed by atoms with van der Waals surface area (Å²) in [5.74, 6) is 6.26. The first kappa shape index (κ1) is 13.6. The third kappa shape index (κ3) is 8.96. The first-order chi connectivity index (χ1) is 7.35. The lowest BCUT2D eigenvalue weighted by atomic mass is 10.3. The second-order valence-corrected chi connectivity index (χ2v) is 2.81. The maximum absolute atomic E-state index is 5.22. The van der Waals surface area contributed by atoms with E-state index in [1.165, 1.54) is 0 Å². The van der Waals surface area contributed by atoms with Crippen molar-refractivity contribution in [2.24, 2.45) is 0 Å². The van der Waals surface area contributed by atoms with Crippen molar-refractivity contribution in [3.63, 3.8) is 0 Å². The molecule has 0 N–H and O–H groups in total. The van der Waals surface area contributed by atoms with E-state index < -0.39 is 0 Å². The van der Waals surface area contributed by atoms with Gasteiger partial charge in [-0.05, 0) is 26.3 Å². The average molecular weight is 208 g/mol. The normalized spacial score (nSPS) is 9.27. The third-order valence-electron chi connectivity index (χ3n) is 1.50. The third-order valence-corrected chi connectivity index (χ3v) is 1.50. The fourth-order valence-corrected chi connectivity index (χ4v) is 0.867. The largest absolute Gasteiger partial charge is 0.465 e. The first-order valence-corrected chi connectivity index (χ1v) is 5.46. The number of allylic oxidation sites excluding steroid dienone is 3. The quantitative estimate of drug-likeness (QED) is 0.492. The van der Waals surface area contributed by atoms with Crippen LogP contribution in [0.1, 0.15) is 33.6 Å². The van der Waals surface area contributed by atoms with Crippen LogP contribution in [0.2, 0.25) is 0 Å². The highest BCUT2D eigenvalue weighted by molar-refractivity contribution is 5.23. The minimum absolute atomic E-state index is 0.497. The summed E-state index contributed by atoms with van der Waals surface area (Å²) in [5.41, 5.74) is 0. The van der Waals surface area contributed by atoms with Crippen molar-refractivity contribution < 1.29 is 9.47 Å². The summed E-state index contributed by atoms with van der Waals surface area (Å²) in [6.45, 7) is 7.17. The molecule has 0 heterocycles. The van der Waals surface area contributed by atoms with Gasteiger partial charge in [0.05, 0.1) is 19.3 Å². The van der Waals surface area contributed by atoms with Crippen LogP contribution in [0.5, 0.6) is 0 Å². The highest BCUT2D eigenvalue weighted by Gasteiger charge is 1.92. The Morgan fingerprint density at radius 2 is 1.73 bits per heavy atom. The van der Waals surface area contributed by atoms with Crippen molar-refractivity contribution in [2.45, 2.75) is 33.6 Å². The zero-order valence-corrected chi connectivity index (χ0v) is 9.88. The molecule has 0 atom stereocenters. The van der Waals surface area contributed by atoms with Crippen LogP contribution in [0.25, 0.3) is 0 Å². The first-order valence-electron chi connectivity index (χ1n) is 5.46. The van der Waals surface area contributed by atoms with Gasteiger partial charge in [-0.1, -0.05) is 31.3 Å². The molecule has 0 aromatic rings. The molecule has 0 aliphatic heterocycles. The van der Waals surface area contributed by atoms with Gasteiger partial charge in [-0.15, -0.1) is 0 Å². The SMILES string of the molecule is CCC/C=C/C#CC=C(OCC)OCC. The number of ether oxygens (including phenoxy) is 2. The Kier molecular flexibility index (Phi) is 9.75. The zero-order valence-electron chi connectivity index (χ0n) is 9.88. The molecule has 0 aliphatic rings. The van der Waals surface area contributed by atoms with Gasteiger partial charge in [0.15, 0.2) is 0 Å². The van der Waals surface area contributed by atoms with Crippen LogP contribution < -0.4 is 0 Å². The van der Waals surface area contributed by atoms with Gasteiger partial charge in [-0.2, -0.15) is 0 Å². The van der Waals surface area contributed by atoms with Gasteiger partial charge in [0.2, 0.25) is 0 Å². The summed E-state index contributed by atoms with van der Waals surface area (Å²) >= 11 is 0. The van der Waals surface area contributed by atoms with Crippen molar-refractivity contribution in [3.8, 4) is 11.8 Å². The molecule has 84 valence electrons. The standard InChI is InChI=1S/C13H20O2/c1-4-7-8-9-10-11-12-13(14-5-2)15-6-3/h8-9,12H,4-7H2,1-3H3/b9-8+. The monoisotopic (exact) mass is 208 g/mol. The molecular weight excluding hydrogens is 188 g/mol. The number of hydrogen-bond acceptors (Lipinski definition) is 2. The molecule has 0 aromatic heterocycles. The molecule has 0 amide bonds. The van der Waals surface area contributed by atoms with E-state index in [1.54, 1.807) is 6.08 Å². The van der Waals surface area contributed by atoms with E-state index in [0.29, 0.717) is 19.2 Å². The molecule has 0 fully saturated rings. The maximum Gasteiger partial charge on any atom is 0.287 e. The van der Waals surface area contributed by atoms with Crippen molar-refractivity contribution >= 4 is 0 Å². The summed E-state index contributed by atoms with van der Waals surface area (Å²) in [7, 11) is 0. The maximum atomic E-state index is 5.22. The van der Waals surface area contributed by atoms with Crippen molar-refractivity contribution in [3.05, 3.63) is 24.2 Å². The smallest absolute Gasteiger partial charge is 0.287 e. The molecule has 0 spiro atoms. The molecule has 0 saturated heterocycles. The Morgan fingerprint density at radius 3 is 2.27 bits per heavy atom. The number of unbranched alkanes of at least 4 members (excludes halogenated alkanes) is 1. The van der Waals surface area contributed by atoms with Crippen LogP contribution in [0.4, 0.5) is 0 Å². The Hall–Kier alpha value is -1.36. The fourth-order valence-electron chi connectivity index (χ4n) is 0.867. The molecule has 2 heteroatoms. The van der Waals surface area contributed by atoms with Gasteiger partial charge >= 0.3 is 0 Å². The van der Waals surface area contributed by atoms with E-state index in [1.807, 2.05) is 19.9 Å². The molecule has 0 aliphatic carbocycles. The number of rotatable bonds is 6. The lowest BCUT2D eigenvalue weighted by molar-refractivity contribution is 0.0471. The second kappa shape index (κ2) is 10.7. The Morgan fingerprint density at radius 1 is 1.07 bits per heavy atom. The van der Waals surface area contributed by atoms with Crippen LogP contribution >= 0.6 is 0 Å². The molecule has 0 rings (SSSR count). The van der Waals surface area contributed by atoms with E-state index in [0.717, 1.165) is 12.8 Å². The van der Waals surface area contributed by atoms with Gasteiger partial charge in [0.25, 0.3) is 5.95 Å². The highest BCUT2D eigenvalue weighted by atomic mass is 16.7. The van der Waals surface area contributed by atoms with Crippen LogP contribution in [-0.4, -0.2) is 13.2 Å². The second-order valence-electron chi connectivity index (χ2n) is 2.81. The van der Waals surface area contributed by atoms with Gasteiger partial charge in [0, 0.05) is 0 Å². The Labute approximate surface area is 93.0 Å². The van der Waals surface area contributed by atoms with Gasteiger partial charge in [-0.3, -0.25) is 0 Å². The zero-order chi connectivity index (χ0) is 11.4. The van der Waals surface area contributed by atoms with Crippen LogP contribution in [0, 0.1) is 11.8 Å². The molecule has 0 bridgehead atoms. The average Bonchev–Trinajstić information content (AvgIpc) is 2.24. The van der Waals surface area contributed by atoms with Gasteiger partial charge in [0.1, 0.15) is 0 Å². The van der Waals surface area contributed by atoms with Crippen LogP contribution in [0.15, 0.2) is 24.2 Å². The van der Waals surface area contributed by atoms with Crippen LogP contribution in [0.3, 0.4) is 0 Å². The van der Waals surface area contributed by atoms with Crippen molar-refractivity contribution in [1.29, 1.82) is 0 Å². The van der Waals surface area contributed by atoms with E-state index in [4.69, 9.17) is 9.47 Å². The Bertz CT molecular complexity index is 245. The van der Waals surface area contributed by atoms with Crippen LogP contribution in [-0.2, 0) is 9.47 Å². The summed E-state index contributed by atoms with van der Waals surface area (Å²) in [5, 5.41) is 0. The minimum Gasteiger partial charge on any atom is -0.465 e. The molecule has 15 heavy (non-hydrogen) atoms. The van der Waals surface area contributed by atoms with Gasteiger partial charge in [-0.25, -0.2) is 0 Å². The molecular formula is C13H20O2. The lowest BCUT2D eigenvalue weighted by Gasteiger charge is -2.06. The lowest BCUT2D eigenvalue weighted by Crippen LogP contribution is -1.96. The predicted octanol–water partition coefficient (Wildman–Crippen LogP) is 3.26. The highest BCUT2D eigenvalue weighted by Crippen LogP contribution is 1.98. The summed E-state index contributed by atoms with van der Waals surface area (Å²) in [6.07, 6.45) is 7.79. The van der Waals surface area contributed by atoms with E-state index in [-0.39, 0.29) is 0 Å². The summed E-state index contributed by atoms with van der Waals surface area (Å²) < 4.78 is 10.4. The summed E-state index contributed by atoms with van der Waals surface area (Å²) in [4.78, 5) is 0. The molecule has 0 unspecified atom stereocenters. The van der Waals surface area contributed by atoms with E-state index >= 15 is 0 Å². The molecule has 0 saturated carbocycles. The van der Waals surface area contributed by atoms with E-state index in [2.05, 4.69) is 24.8 Å². The minimum atomic E-state index is 0.497. The Balaban J connectivity index is 4.05. The fraction of sp³-hybridized carbons (Fsp3) is 0.538.